The number of anilines is 2. The summed E-state index contributed by atoms with van der Waals surface area (Å²) in [6.07, 6.45) is 2.22. The fourth-order valence-corrected chi connectivity index (χ4v) is 1.83. The normalized spacial score (nSPS) is 26.7. The van der Waals surface area contributed by atoms with Crippen LogP contribution < -0.4 is 10.6 Å². The molecular weight excluding hydrogens is 192 g/mol. The van der Waals surface area contributed by atoms with Gasteiger partial charge in [-0.05, 0) is 18.4 Å². The van der Waals surface area contributed by atoms with Crippen molar-refractivity contribution < 1.29 is 5.11 Å². The fraction of sp³-hybridized carbons (Fsp3) is 0.600. The van der Waals surface area contributed by atoms with E-state index in [0.717, 1.165) is 19.5 Å². The van der Waals surface area contributed by atoms with Crippen LogP contribution in [0.5, 0.6) is 0 Å². The molecule has 0 aliphatic carbocycles. The Morgan fingerprint density at radius 1 is 1.60 bits per heavy atom. The lowest BCUT2D eigenvalue weighted by Crippen LogP contribution is -2.42. The summed E-state index contributed by atoms with van der Waals surface area (Å²) in [5, 5.41) is 9.60. The number of hydrogen-bond acceptors (Lipinski definition) is 5. The molecule has 1 aliphatic rings. The third kappa shape index (κ3) is 2.18. The summed E-state index contributed by atoms with van der Waals surface area (Å²) in [4.78, 5) is 10.4. The van der Waals surface area contributed by atoms with Crippen LogP contribution in [0.4, 0.5) is 11.8 Å². The van der Waals surface area contributed by atoms with Gasteiger partial charge < -0.3 is 15.7 Å². The average Bonchev–Trinajstić information content (AvgIpc) is 2.22. The molecule has 0 spiro atoms. The van der Waals surface area contributed by atoms with Crippen molar-refractivity contribution in [2.75, 3.05) is 23.7 Å². The van der Waals surface area contributed by atoms with Crippen LogP contribution in [0.25, 0.3) is 0 Å². The highest BCUT2D eigenvalue weighted by molar-refractivity contribution is 5.38. The lowest BCUT2D eigenvalue weighted by molar-refractivity contribution is 0.0966. The van der Waals surface area contributed by atoms with E-state index >= 15 is 0 Å². The zero-order chi connectivity index (χ0) is 10.8. The average molecular weight is 208 g/mol. The molecule has 0 radical (unpaired) electrons. The maximum Gasteiger partial charge on any atom is 0.227 e. The van der Waals surface area contributed by atoms with E-state index in [-0.39, 0.29) is 12.0 Å². The second-order valence-corrected chi connectivity index (χ2v) is 4.06. The van der Waals surface area contributed by atoms with Crippen molar-refractivity contribution in [1.29, 1.82) is 0 Å². The van der Waals surface area contributed by atoms with E-state index < -0.39 is 0 Å². The van der Waals surface area contributed by atoms with Gasteiger partial charge in [-0.1, -0.05) is 6.92 Å². The summed E-state index contributed by atoms with van der Waals surface area (Å²) in [5.41, 5.74) is 5.60. The summed E-state index contributed by atoms with van der Waals surface area (Å²) in [5.74, 6) is 1.40. The molecule has 2 heterocycles. The SMILES string of the molecule is C[C@@H]1CN(c2nccc(N)n2)CCC1O. The first-order chi connectivity index (χ1) is 7.16. The third-order valence-electron chi connectivity index (χ3n) is 2.81. The Morgan fingerprint density at radius 2 is 2.40 bits per heavy atom. The van der Waals surface area contributed by atoms with Crippen LogP contribution >= 0.6 is 0 Å². The number of rotatable bonds is 1. The van der Waals surface area contributed by atoms with Crippen LogP contribution in [0.3, 0.4) is 0 Å². The van der Waals surface area contributed by atoms with E-state index in [2.05, 4.69) is 14.9 Å². The first-order valence-electron chi connectivity index (χ1n) is 5.18. The minimum Gasteiger partial charge on any atom is -0.393 e. The van der Waals surface area contributed by atoms with Gasteiger partial charge in [-0.15, -0.1) is 0 Å². The van der Waals surface area contributed by atoms with Crippen molar-refractivity contribution in [2.45, 2.75) is 19.4 Å². The van der Waals surface area contributed by atoms with Gasteiger partial charge in [-0.3, -0.25) is 0 Å². The van der Waals surface area contributed by atoms with E-state index in [1.807, 2.05) is 6.92 Å². The van der Waals surface area contributed by atoms with Crippen LogP contribution in [-0.4, -0.2) is 34.3 Å². The van der Waals surface area contributed by atoms with Crippen LogP contribution in [0.2, 0.25) is 0 Å². The molecule has 0 aromatic carbocycles. The van der Waals surface area contributed by atoms with Crippen molar-refractivity contribution in [2.24, 2.45) is 5.92 Å². The smallest absolute Gasteiger partial charge is 0.227 e. The van der Waals surface area contributed by atoms with Crippen LogP contribution in [-0.2, 0) is 0 Å². The van der Waals surface area contributed by atoms with Gasteiger partial charge in [0, 0.05) is 19.3 Å². The molecule has 1 aliphatic heterocycles. The van der Waals surface area contributed by atoms with E-state index in [9.17, 15) is 5.11 Å². The number of nitrogen functional groups attached to an aromatic ring is 1. The Bertz CT molecular complexity index is 344. The molecule has 2 atom stereocenters. The Hall–Kier alpha value is -1.36. The lowest BCUT2D eigenvalue weighted by Gasteiger charge is -2.34. The molecule has 5 nitrogen and oxygen atoms in total. The highest BCUT2D eigenvalue weighted by Crippen LogP contribution is 2.20. The van der Waals surface area contributed by atoms with Crippen molar-refractivity contribution >= 4 is 11.8 Å². The molecule has 3 N–H and O–H groups in total. The number of hydrogen-bond donors (Lipinski definition) is 2. The summed E-state index contributed by atoms with van der Waals surface area (Å²) in [7, 11) is 0. The Balaban J connectivity index is 2.12. The van der Waals surface area contributed by atoms with Gasteiger partial charge in [0.05, 0.1) is 6.10 Å². The van der Waals surface area contributed by atoms with Crippen molar-refractivity contribution in [3.8, 4) is 0 Å². The molecule has 1 aromatic rings. The quantitative estimate of drug-likeness (QED) is 0.692. The van der Waals surface area contributed by atoms with Crippen LogP contribution in [0.1, 0.15) is 13.3 Å². The predicted molar refractivity (Wildman–Crippen MR) is 58.4 cm³/mol. The van der Waals surface area contributed by atoms with Gasteiger partial charge in [0.15, 0.2) is 0 Å². The standard InChI is InChI=1S/C10H16N4O/c1-7-6-14(5-3-8(7)15)10-12-4-2-9(11)13-10/h2,4,7-8,15H,3,5-6H2,1H3,(H2,11,12,13)/t7-,8?/m1/s1. The lowest BCUT2D eigenvalue weighted by atomic mass is 9.97. The first-order valence-corrected chi connectivity index (χ1v) is 5.18. The number of aromatic nitrogens is 2. The second-order valence-electron chi connectivity index (χ2n) is 4.06. The van der Waals surface area contributed by atoms with Crippen LogP contribution in [0.15, 0.2) is 12.3 Å². The molecule has 1 aromatic heterocycles. The van der Waals surface area contributed by atoms with Crippen molar-refractivity contribution in [1.82, 2.24) is 9.97 Å². The zero-order valence-electron chi connectivity index (χ0n) is 8.80. The largest absolute Gasteiger partial charge is 0.393 e. The van der Waals surface area contributed by atoms with E-state index in [0.29, 0.717) is 11.8 Å². The van der Waals surface area contributed by atoms with E-state index in [4.69, 9.17) is 5.73 Å². The minimum absolute atomic E-state index is 0.206. The number of nitrogens with zero attached hydrogens (tertiary/aromatic N) is 3. The number of aliphatic hydroxyl groups excluding tert-OH is 1. The number of aliphatic hydroxyl groups is 1. The summed E-state index contributed by atoms with van der Waals surface area (Å²) < 4.78 is 0. The molecule has 0 amide bonds. The van der Waals surface area contributed by atoms with Gasteiger partial charge in [-0.25, -0.2) is 4.98 Å². The Kier molecular flexibility index (Phi) is 2.73. The molecule has 15 heavy (non-hydrogen) atoms. The fourth-order valence-electron chi connectivity index (χ4n) is 1.83. The highest BCUT2D eigenvalue weighted by Gasteiger charge is 2.25. The predicted octanol–water partition coefficient (Wildman–Crippen LogP) is 0.266. The number of nitrogens with two attached hydrogens (primary N) is 1. The van der Waals surface area contributed by atoms with Crippen molar-refractivity contribution in [3.05, 3.63) is 12.3 Å². The summed E-state index contributed by atoms with van der Waals surface area (Å²) in [6.45, 7) is 3.60. The second kappa shape index (κ2) is 4.02. The molecule has 2 rings (SSSR count). The van der Waals surface area contributed by atoms with Gasteiger partial charge in [-0.2, -0.15) is 4.98 Å². The number of piperidine rings is 1. The summed E-state index contributed by atoms with van der Waals surface area (Å²) in [6, 6.07) is 1.67. The molecule has 82 valence electrons. The third-order valence-corrected chi connectivity index (χ3v) is 2.81. The van der Waals surface area contributed by atoms with Gasteiger partial charge in [0.1, 0.15) is 5.82 Å². The molecule has 1 saturated heterocycles. The highest BCUT2D eigenvalue weighted by atomic mass is 16.3. The van der Waals surface area contributed by atoms with E-state index in [1.54, 1.807) is 12.3 Å². The Labute approximate surface area is 88.9 Å². The molecule has 1 unspecified atom stereocenters. The van der Waals surface area contributed by atoms with Crippen molar-refractivity contribution in [3.63, 3.8) is 0 Å². The van der Waals surface area contributed by atoms with Gasteiger partial charge in [0.25, 0.3) is 0 Å². The molecular formula is C10H16N4O. The Morgan fingerprint density at radius 3 is 3.07 bits per heavy atom. The van der Waals surface area contributed by atoms with Gasteiger partial charge >= 0.3 is 0 Å². The molecule has 1 fully saturated rings. The van der Waals surface area contributed by atoms with E-state index in [1.165, 1.54) is 0 Å². The maximum absolute atomic E-state index is 9.60. The van der Waals surface area contributed by atoms with Gasteiger partial charge in [0.2, 0.25) is 5.95 Å². The zero-order valence-corrected chi connectivity index (χ0v) is 8.80. The topological polar surface area (TPSA) is 75.3 Å². The first kappa shape index (κ1) is 10.2. The summed E-state index contributed by atoms with van der Waals surface area (Å²) >= 11 is 0. The molecule has 0 saturated carbocycles. The molecule has 0 bridgehead atoms. The maximum atomic E-state index is 9.60. The molecule has 5 heteroatoms. The minimum atomic E-state index is -0.206. The van der Waals surface area contributed by atoms with Crippen LogP contribution in [0, 0.1) is 5.92 Å². The monoisotopic (exact) mass is 208 g/mol.